The minimum atomic E-state index is 0.442. The molecule has 0 saturated heterocycles. The van der Waals surface area contributed by atoms with Gasteiger partial charge in [0.2, 0.25) is 0 Å². The third kappa shape index (κ3) is 5.23. The lowest BCUT2D eigenvalue weighted by molar-refractivity contribution is 0.0672. The number of hydroxylamine groups is 1. The van der Waals surface area contributed by atoms with Crippen molar-refractivity contribution in [1.29, 1.82) is 0 Å². The number of nitrogens with zero attached hydrogens (tertiary/aromatic N) is 1. The van der Waals surface area contributed by atoms with Gasteiger partial charge in [0.1, 0.15) is 6.61 Å². The molecular weight excluding hydrogens is 240 g/mol. The molecule has 0 aliphatic heterocycles. The second-order valence-corrected chi connectivity index (χ2v) is 3.89. The summed E-state index contributed by atoms with van der Waals surface area (Å²) < 4.78 is 0. The Hall–Kier alpha value is -2.33. The Morgan fingerprint density at radius 3 is 2.05 bits per heavy atom. The molecule has 0 aliphatic rings. The third-order valence-corrected chi connectivity index (χ3v) is 2.42. The van der Waals surface area contributed by atoms with Crippen molar-refractivity contribution in [3.8, 4) is 0 Å². The molecule has 4 nitrogen and oxygen atoms in total. The number of hydrogen-bond donors (Lipinski definition) is 1. The average Bonchev–Trinajstić information content (AvgIpc) is 2.48. The molecule has 0 fully saturated rings. The number of nitrogens with one attached hydrogen (secondary N) is 1. The quantitative estimate of drug-likeness (QED) is 0.358. The highest BCUT2D eigenvalue weighted by atomic mass is 16.7. The summed E-state index contributed by atoms with van der Waals surface area (Å²) in [5.74, 6) is 0. The molecule has 2 aromatic carbocycles. The van der Waals surface area contributed by atoms with Gasteiger partial charge in [0.25, 0.3) is 0 Å². The second-order valence-electron chi connectivity index (χ2n) is 3.89. The zero-order valence-corrected chi connectivity index (χ0v) is 10.5. The van der Waals surface area contributed by atoms with Crippen molar-refractivity contribution in [2.45, 2.75) is 13.2 Å². The van der Waals surface area contributed by atoms with Gasteiger partial charge in [-0.1, -0.05) is 65.8 Å². The molecule has 0 amide bonds. The molecule has 0 saturated carbocycles. The van der Waals surface area contributed by atoms with Gasteiger partial charge in [-0.3, -0.25) is 10.3 Å². The minimum absolute atomic E-state index is 0.442. The van der Waals surface area contributed by atoms with Crippen LogP contribution in [0.1, 0.15) is 11.1 Å². The van der Waals surface area contributed by atoms with Gasteiger partial charge in [0.15, 0.2) is 6.34 Å². The van der Waals surface area contributed by atoms with E-state index in [2.05, 4.69) is 10.6 Å². The summed E-state index contributed by atoms with van der Waals surface area (Å²) in [6, 6.07) is 19.7. The van der Waals surface area contributed by atoms with Crippen LogP contribution in [0.25, 0.3) is 0 Å². The first-order valence-corrected chi connectivity index (χ1v) is 6.04. The molecule has 2 aromatic rings. The highest BCUT2D eigenvalue weighted by Gasteiger charge is 1.90. The van der Waals surface area contributed by atoms with Crippen molar-refractivity contribution in [3.05, 3.63) is 71.8 Å². The van der Waals surface area contributed by atoms with Crippen LogP contribution in [-0.4, -0.2) is 6.34 Å². The molecule has 2 rings (SSSR count). The van der Waals surface area contributed by atoms with Crippen molar-refractivity contribution < 1.29 is 9.68 Å². The van der Waals surface area contributed by atoms with Crippen LogP contribution in [0.5, 0.6) is 0 Å². The summed E-state index contributed by atoms with van der Waals surface area (Å²) in [6.45, 7) is 0.920. The van der Waals surface area contributed by atoms with Crippen molar-refractivity contribution in [2.75, 3.05) is 0 Å². The second kappa shape index (κ2) is 7.89. The maximum absolute atomic E-state index is 5.19. The van der Waals surface area contributed by atoms with Gasteiger partial charge < -0.3 is 4.84 Å². The molecule has 0 aromatic heterocycles. The number of rotatable bonds is 7. The Balaban J connectivity index is 1.57. The fourth-order valence-electron chi connectivity index (χ4n) is 1.48. The number of oxime groups is 1. The standard InChI is InChI=1S/C15H16N2O2/c1-3-7-14(8-4-1)11-18-16-13-17-19-12-15-9-5-2-6-10-15/h1-10,13H,11-12H2,(H,16,17). The van der Waals surface area contributed by atoms with Gasteiger partial charge in [-0.05, 0) is 11.1 Å². The first-order valence-electron chi connectivity index (χ1n) is 6.04. The van der Waals surface area contributed by atoms with E-state index in [0.29, 0.717) is 13.2 Å². The Bertz CT molecular complexity index is 486. The molecule has 0 unspecified atom stereocenters. The maximum Gasteiger partial charge on any atom is 0.152 e. The molecule has 0 spiro atoms. The smallest absolute Gasteiger partial charge is 0.152 e. The Morgan fingerprint density at radius 2 is 1.42 bits per heavy atom. The van der Waals surface area contributed by atoms with E-state index in [9.17, 15) is 0 Å². The van der Waals surface area contributed by atoms with Crippen LogP contribution < -0.4 is 5.48 Å². The van der Waals surface area contributed by atoms with E-state index in [4.69, 9.17) is 9.68 Å². The highest BCUT2D eigenvalue weighted by Crippen LogP contribution is 2.00. The third-order valence-electron chi connectivity index (χ3n) is 2.42. The molecule has 19 heavy (non-hydrogen) atoms. The van der Waals surface area contributed by atoms with E-state index in [1.807, 2.05) is 60.7 Å². The van der Waals surface area contributed by atoms with Crippen molar-refractivity contribution >= 4 is 6.34 Å². The van der Waals surface area contributed by atoms with E-state index in [1.54, 1.807) is 0 Å². The van der Waals surface area contributed by atoms with Crippen LogP contribution >= 0.6 is 0 Å². The molecule has 0 heterocycles. The lowest BCUT2D eigenvalue weighted by Crippen LogP contribution is -2.11. The van der Waals surface area contributed by atoms with Gasteiger partial charge >= 0.3 is 0 Å². The molecule has 0 radical (unpaired) electrons. The van der Waals surface area contributed by atoms with Gasteiger partial charge in [-0.15, -0.1) is 0 Å². The van der Waals surface area contributed by atoms with Crippen molar-refractivity contribution in [1.82, 2.24) is 5.48 Å². The van der Waals surface area contributed by atoms with Crippen LogP contribution in [0.3, 0.4) is 0 Å². The summed E-state index contributed by atoms with van der Waals surface area (Å²) >= 11 is 0. The molecule has 98 valence electrons. The fraction of sp³-hybridized carbons (Fsp3) is 0.133. The maximum atomic E-state index is 5.19. The Morgan fingerprint density at radius 1 is 0.842 bits per heavy atom. The number of benzene rings is 2. The van der Waals surface area contributed by atoms with Crippen LogP contribution in [0, 0.1) is 0 Å². The van der Waals surface area contributed by atoms with E-state index >= 15 is 0 Å². The average molecular weight is 256 g/mol. The molecule has 0 aliphatic carbocycles. The summed E-state index contributed by atoms with van der Waals surface area (Å²) in [5, 5.41) is 3.74. The summed E-state index contributed by atoms with van der Waals surface area (Å²) in [4.78, 5) is 10.3. The van der Waals surface area contributed by atoms with Crippen LogP contribution in [-0.2, 0) is 22.9 Å². The summed E-state index contributed by atoms with van der Waals surface area (Å²) in [6.07, 6.45) is 1.38. The molecule has 0 bridgehead atoms. The Labute approximate surface area is 112 Å². The van der Waals surface area contributed by atoms with Crippen LogP contribution in [0.15, 0.2) is 65.8 Å². The molecule has 0 atom stereocenters. The van der Waals surface area contributed by atoms with Crippen molar-refractivity contribution in [3.63, 3.8) is 0 Å². The van der Waals surface area contributed by atoms with E-state index in [-0.39, 0.29) is 0 Å². The van der Waals surface area contributed by atoms with Gasteiger partial charge in [0, 0.05) is 0 Å². The van der Waals surface area contributed by atoms with E-state index in [0.717, 1.165) is 11.1 Å². The SMILES string of the molecule is C(=N/OCc1ccccc1)/NOCc1ccccc1. The minimum Gasteiger partial charge on any atom is -0.390 e. The topological polar surface area (TPSA) is 42.8 Å². The van der Waals surface area contributed by atoms with Gasteiger partial charge in [0.05, 0.1) is 6.61 Å². The zero-order chi connectivity index (χ0) is 13.2. The van der Waals surface area contributed by atoms with Crippen molar-refractivity contribution in [2.24, 2.45) is 5.16 Å². The molecule has 1 N–H and O–H groups in total. The lowest BCUT2D eigenvalue weighted by atomic mass is 10.2. The largest absolute Gasteiger partial charge is 0.390 e. The zero-order valence-electron chi connectivity index (χ0n) is 10.5. The van der Waals surface area contributed by atoms with Crippen LogP contribution in [0.2, 0.25) is 0 Å². The first-order chi connectivity index (χ1) is 9.45. The summed E-state index contributed by atoms with van der Waals surface area (Å²) in [5.41, 5.74) is 4.77. The van der Waals surface area contributed by atoms with Crippen LogP contribution in [0.4, 0.5) is 0 Å². The summed E-state index contributed by atoms with van der Waals surface area (Å²) in [7, 11) is 0. The lowest BCUT2D eigenvalue weighted by Gasteiger charge is -2.02. The van der Waals surface area contributed by atoms with E-state index in [1.165, 1.54) is 6.34 Å². The predicted octanol–water partition coefficient (Wildman–Crippen LogP) is 2.87. The highest BCUT2D eigenvalue weighted by molar-refractivity contribution is 5.51. The number of hydrogen-bond acceptors (Lipinski definition) is 3. The molecular formula is C15H16N2O2. The Kier molecular flexibility index (Phi) is 5.45. The first kappa shape index (κ1) is 13.1. The molecule has 4 heteroatoms. The normalized spacial score (nSPS) is 10.5. The fourth-order valence-corrected chi connectivity index (χ4v) is 1.48. The predicted molar refractivity (Wildman–Crippen MR) is 74.1 cm³/mol. The van der Waals surface area contributed by atoms with Gasteiger partial charge in [-0.25, -0.2) is 0 Å². The van der Waals surface area contributed by atoms with Gasteiger partial charge in [-0.2, -0.15) is 0 Å². The monoisotopic (exact) mass is 256 g/mol. The van der Waals surface area contributed by atoms with E-state index < -0.39 is 0 Å².